The van der Waals surface area contributed by atoms with Crippen molar-refractivity contribution in [3.8, 4) is 0 Å². The lowest BCUT2D eigenvalue weighted by molar-refractivity contribution is -0.145. The maximum Gasteiger partial charge on any atom is 0.326 e. The minimum absolute atomic E-state index is 0.0378. The number of carboxylic acid groups (broad SMARTS) is 1. The number of ether oxygens (including phenoxy) is 4. The molecule has 0 bridgehead atoms. The van der Waals surface area contributed by atoms with Crippen molar-refractivity contribution in [2.45, 2.75) is 18.9 Å². The van der Waals surface area contributed by atoms with Gasteiger partial charge in [0.25, 0.3) is 11.8 Å². The summed E-state index contributed by atoms with van der Waals surface area (Å²) in [7, 11) is -4.39. The van der Waals surface area contributed by atoms with Crippen LogP contribution in [0, 0.1) is 0 Å². The normalized spacial score (nSPS) is 14.1. The first kappa shape index (κ1) is 33.3. The predicted octanol–water partition coefficient (Wildman–Crippen LogP) is -2.38. The van der Waals surface area contributed by atoms with Crippen molar-refractivity contribution in [1.29, 1.82) is 0 Å². The molecule has 0 aromatic carbocycles. The van der Waals surface area contributed by atoms with E-state index in [0.717, 1.165) is 12.2 Å². The van der Waals surface area contributed by atoms with Crippen molar-refractivity contribution in [3.05, 3.63) is 12.2 Å². The van der Waals surface area contributed by atoms with E-state index in [2.05, 4.69) is 10.6 Å². The molecular formula is C21H34N3O13P. The molecule has 1 atom stereocenters. The first-order valence-electron chi connectivity index (χ1n) is 11.7. The highest BCUT2D eigenvalue weighted by molar-refractivity contribution is 7.51. The molecule has 1 aliphatic rings. The number of carbonyl (C=O) groups is 5. The smallest absolute Gasteiger partial charge is 0.326 e. The highest BCUT2D eigenvalue weighted by Crippen LogP contribution is 2.34. The van der Waals surface area contributed by atoms with Crippen LogP contribution in [0.2, 0.25) is 0 Å². The minimum Gasteiger partial charge on any atom is -0.481 e. The molecule has 4 amide bonds. The Morgan fingerprint density at radius 1 is 0.816 bits per heavy atom. The van der Waals surface area contributed by atoms with Crippen LogP contribution in [0.1, 0.15) is 12.8 Å². The second-order valence-corrected chi connectivity index (χ2v) is 9.50. The molecule has 5 N–H and O–H groups in total. The molecule has 0 aliphatic carbocycles. The molecular weight excluding hydrogens is 533 g/mol. The van der Waals surface area contributed by atoms with Crippen LogP contribution in [0.3, 0.4) is 0 Å². The summed E-state index contributed by atoms with van der Waals surface area (Å²) < 4.78 is 31.9. The highest BCUT2D eigenvalue weighted by atomic mass is 31.2. The number of rotatable bonds is 22. The molecule has 0 saturated heterocycles. The molecule has 38 heavy (non-hydrogen) atoms. The summed E-state index contributed by atoms with van der Waals surface area (Å²) in [6, 6.07) is -1.37. The number of carboxylic acids is 1. The van der Waals surface area contributed by atoms with Crippen LogP contribution >= 0.6 is 7.60 Å². The summed E-state index contributed by atoms with van der Waals surface area (Å²) in [6.45, 7) is 1.52. The topological polar surface area (TPSA) is 227 Å². The zero-order chi connectivity index (χ0) is 28.4. The number of nitrogens with one attached hydrogen (secondary N) is 2. The van der Waals surface area contributed by atoms with Gasteiger partial charge in [0.15, 0.2) is 0 Å². The maximum absolute atomic E-state index is 12.6. The van der Waals surface area contributed by atoms with E-state index in [9.17, 15) is 28.5 Å². The Morgan fingerprint density at radius 3 is 1.82 bits per heavy atom. The van der Waals surface area contributed by atoms with Gasteiger partial charge in [0.2, 0.25) is 11.8 Å². The van der Waals surface area contributed by atoms with E-state index in [4.69, 9.17) is 33.8 Å². The van der Waals surface area contributed by atoms with Gasteiger partial charge in [0, 0.05) is 31.7 Å². The van der Waals surface area contributed by atoms with Crippen molar-refractivity contribution in [3.63, 3.8) is 0 Å². The fraction of sp³-hybridized carbons (Fsp3) is 0.667. The summed E-state index contributed by atoms with van der Waals surface area (Å²) in [5, 5.41) is 13.3. The van der Waals surface area contributed by atoms with Gasteiger partial charge in [-0.05, 0) is 0 Å². The molecule has 216 valence electrons. The number of nitrogens with zero attached hydrogens (tertiary/aromatic N) is 1. The van der Waals surface area contributed by atoms with Gasteiger partial charge in [-0.3, -0.25) is 33.4 Å². The molecule has 0 fully saturated rings. The summed E-state index contributed by atoms with van der Waals surface area (Å²) in [5.74, 6) is -3.88. The number of hydrogen-bond acceptors (Lipinski definition) is 10. The SMILES string of the molecule is O=C(O)CCOCCOCCOCCOCCNC(=O)[C@H](CNC(=O)CCP(=O)(O)O)N1C(=O)C=CC1=O. The summed E-state index contributed by atoms with van der Waals surface area (Å²) >= 11 is 0. The largest absolute Gasteiger partial charge is 0.481 e. The molecule has 17 heteroatoms. The van der Waals surface area contributed by atoms with E-state index < -0.39 is 62.4 Å². The molecule has 1 heterocycles. The standard InChI is InChI=1S/C21H34N3O13P/c25-17(4-14-38(31,32)33)23-15-16(24-18(26)1-2-19(24)27)21(30)22-5-7-35-9-11-37-13-12-36-10-8-34-6-3-20(28)29/h1-2,16H,3-15H2,(H,22,30)(H,23,25)(H,28,29)(H2,31,32,33)/t16-/m0/s1. The number of amides is 4. The van der Waals surface area contributed by atoms with E-state index in [0.29, 0.717) is 24.7 Å². The van der Waals surface area contributed by atoms with Gasteiger partial charge >= 0.3 is 13.6 Å². The Balaban J connectivity index is 2.22. The van der Waals surface area contributed by atoms with E-state index in [1.54, 1.807) is 0 Å². The first-order chi connectivity index (χ1) is 18.0. The maximum atomic E-state index is 12.6. The summed E-state index contributed by atoms with van der Waals surface area (Å²) in [5.41, 5.74) is 0. The Hall–Kier alpha value is -2.72. The van der Waals surface area contributed by atoms with E-state index in [1.165, 1.54) is 0 Å². The van der Waals surface area contributed by atoms with Crippen LogP contribution in [0.4, 0.5) is 0 Å². The molecule has 1 rings (SSSR count). The second kappa shape index (κ2) is 18.5. The van der Waals surface area contributed by atoms with Crippen molar-refractivity contribution in [2.75, 3.05) is 72.1 Å². The number of imide groups is 1. The molecule has 16 nitrogen and oxygen atoms in total. The van der Waals surface area contributed by atoms with Crippen LogP contribution in [0.15, 0.2) is 12.2 Å². The molecule has 0 spiro atoms. The van der Waals surface area contributed by atoms with Crippen LogP contribution < -0.4 is 10.6 Å². The van der Waals surface area contributed by atoms with Crippen LogP contribution in [-0.4, -0.2) is 128 Å². The van der Waals surface area contributed by atoms with E-state index >= 15 is 0 Å². The highest BCUT2D eigenvalue weighted by Gasteiger charge is 2.36. The Labute approximate surface area is 218 Å². The monoisotopic (exact) mass is 567 g/mol. The van der Waals surface area contributed by atoms with Gasteiger partial charge in [0.1, 0.15) is 6.04 Å². The minimum atomic E-state index is -4.39. The van der Waals surface area contributed by atoms with Crippen LogP contribution in [-0.2, 0) is 47.5 Å². The lowest BCUT2D eigenvalue weighted by Crippen LogP contribution is -2.55. The van der Waals surface area contributed by atoms with Crippen molar-refractivity contribution in [2.24, 2.45) is 0 Å². The van der Waals surface area contributed by atoms with Crippen molar-refractivity contribution < 1.29 is 62.4 Å². The van der Waals surface area contributed by atoms with Crippen LogP contribution in [0.25, 0.3) is 0 Å². The number of hydrogen-bond donors (Lipinski definition) is 5. The second-order valence-electron chi connectivity index (χ2n) is 7.72. The van der Waals surface area contributed by atoms with Crippen molar-refractivity contribution in [1.82, 2.24) is 15.5 Å². The third kappa shape index (κ3) is 15.5. The zero-order valence-corrected chi connectivity index (χ0v) is 21.6. The van der Waals surface area contributed by atoms with E-state index in [-0.39, 0.29) is 46.0 Å². The number of carbonyl (C=O) groups excluding carboxylic acids is 4. The summed E-state index contributed by atoms with van der Waals surface area (Å²) in [4.78, 5) is 77.2. The van der Waals surface area contributed by atoms with Crippen LogP contribution in [0.5, 0.6) is 0 Å². The van der Waals surface area contributed by atoms with Gasteiger partial charge in [-0.25, -0.2) is 0 Å². The molecule has 0 aromatic heterocycles. The number of aliphatic carboxylic acids is 1. The van der Waals surface area contributed by atoms with E-state index in [1.807, 2.05) is 0 Å². The molecule has 0 saturated carbocycles. The molecule has 0 radical (unpaired) electrons. The molecule has 0 unspecified atom stereocenters. The van der Waals surface area contributed by atoms with Gasteiger partial charge in [0.05, 0.1) is 65.4 Å². The first-order valence-corrected chi connectivity index (χ1v) is 13.5. The molecule has 0 aromatic rings. The lowest BCUT2D eigenvalue weighted by atomic mass is 10.2. The third-order valence-electron chi connectivity index (χ3n) is 4.70. The van der Waals surface area contributed by atoms with Gasteiger partial charge in [-0.2, -0.15) is 0 Å². The zero-order valence-electron chi connectivity index (χ0n) is 20.7. The third-order valence-corrected chi connectivity index (χ3v) is 5.51. The lowest BCUT2D eigenvalue weighted by Gasteiger charge is -2.25. The fourth-order valence-corrected chi connectivity index (χ4v) is 3.35. The average Bonchev–Trinajstić information content (AvgIpc) is 3.17. The summed E-state index contributed by atoms with van der Waals surface area (Å²) in [6.07, 6.45) is 0.734. The van der Waals surface area contributed by atoms with Gasteiger partial charge in [-0.15, -0.1) is 0 Å². The molecule has 1 aliphatic heterocycles. The fourth-order valence-electron chi connectivity index (χ4n) is 2.85. The Bertz CT molecular complexity index is 858. The van der Waals surface area contributed by atoms with Crippen molar-refractivity contribution >= 4 is 37.2 Å². The Kier molecular flexibility index (Phi) is 16.2. The Morgan fingerprint density at radius 2 is 1.32 bits per heavy atom. The quantitative estimate of drug-likeness (QED) is 0.0524. The predicted molar refractivity (Wildman–Crippen MR) is 128 cm³/mol. The van der Waals surface area contributed by atoms with Gasteiger partial charge < -0.3 is 44.5 Å². The van der Waals surface area contributed by atoms with Gasteiger partial charge in [-0.1, -0.05) is 0 Å². The average molecular weight is 567 g/mol.